The van der Waals surface area contributed by atoms with Crippen LogP contribution in [0.4, 0.5) is 5.69 Å². The number of anilines is 1. The summed E-state index contributed by atoms with van der Waals surface area (Å²) in [6, 6.07) is 7.53. The summed E-state index contributed by atoms with van der Waals surface area (Å²) in [5.74, 6) is 0.842. The molecule has 5 heteroatoms. The number of oxazole rings is 1. The minimum atomic E-state index is -0.194. The van der Waals surface area contributed by atoms with Crippen LogP contribution in [0.15, 0.2) is 34.9 Å². The minimum Gasteiger partial charge on any atom is -0.449 e. The summed E-state index contributed by atoms with van der Waals surface area (Å²) in [5.41, 5.74) is 2.52. The Balaban J connectivity index is 2.07. The lowest BCUT2D eigenvalue weighted by atomic mass is 10.1. The van der Waals surface area contributed by atoms with E-state index in [1.54, 1.807) is 13.2 Å². The molecule has 0 bridgehead atoms. The third-order valence-corrected chi connectivity index (χ3v) is 4.38. The number of rotatable bonds is 4. The van der Waals surface area contributed by atoms with Crippen LogP contribution >= 0.6 is 15.9 Å². The fourth-order valence-electron chi connectivity index (χ4n) is 1.73. The largest absolute Gasteiger partial charge is 0.449 e. The van der Waals surface area contributed by atoms with Crippen molar-refractivity contribution >= 4 is 27.5 Å². The molecule has 0 spiro atoms. The average molecular weight is 337 g/mol. The summed E-state index contributed by atoms with van der Waals surface area (Å²) in [6.07, 6.45) is 1.62. The van der Waals surface area contributed by atoms with E-state index < -0.39 is 0 Å². The van der Waals surface area contributed by atoms with Gasteiger partial charge in [-0.05, 0) is 18.1 Å². The van der Waals surface area contributed by atoms with Crippen molar-refractivity contribution in [3.05, 3.63) is 36.4 Å². The van der Waals surface area contributed by atoms with Crippen molar-refractivity contribution in [1.82, 2.24) is 4.98 Å². The van der Waals surface area contributed by atoms with Crippen LogP contribution < -0.4 is 5.32 Å². The number of hydrogen-bond donors (Lipinski definition) is 1. The van der Waals surface area contributed by atoms with Gasteiger partial charge in [0.05, 0.1) is 4.83 Å². The van der Waals surface area contributed by atoms with Gasteiger partial charge in [0.15, 0.2) is 5.89 Å². The smallest absolute Gasteiger partial charge is 0.238 e. The van der Waals surface area contributed by atoms with Crippen LogP contribution in [-0.4, -0.2) is 15.7 Å². The summed E-state index contributed by atoms with van der Waals surface area (Å²) in [4.78, 5) is 16.0. The first-order valence-corrected chi connectivity index (χ1v) is 7.36. The van der Waals surface area contributed by atoms with E-state index >= 15 is 0 Å². The first kappa shape index (κ1) is 14.8. The molecule has 2 rings (SSSR count). The van der Waals surface area contributed by atoms with E-state index in [9.17, 15) is 4.79 Å². The third-order valence-electron chi connectivity index (χ3n) is 2.90. The molecule has 0 aliphatic rings. The van der Waals surface area contributed by atoms with Gasteiger partial charge in [-0.25, -0.2) is 4.98 Å². The van der Waals surface area contributed by atoms with Crippen molar-refractivity contribution in [2.24, 2.45) is 5.92 Å². The van der Waals surface area contributed by atoms with E-state index in [1.807, 2.05) is 38.1 Å². The number of benzene rings is 1. The van der Waals surface area contributed by atoms with E-state index in [0.717, 1.165) is 16.9 Å². The topological polar surface area (TPSA) is 55.1 Å². The van der Waals surface area contributed by atoms with Crippen LogP contribution in [0, 0.1) is 12.8 Å². The monoisotopic (exact) mass is 336 g/mol. The van der Waals surface area contributed by atoms with Crippen molar-refractivity contribution in [1.29, 1.82) is 0 Å². The summed E-state index contributed by atoms with van der Waals surface area (Å²) in [6.45, 7) is 5.80. The summed E-state index contributed by atoms with van der Waals surface area (Å²) < 4.78 is 5.18. The molecule has 4 nitrogen and oxygen atoms in total. The van der Waals surface area contributed by atoms with Gasteiger partial charge < -0.3 is 9.73 Å². The minimum absolute atomic E-state index is 0.0370. The maximum atomic E-state index is 11.9. The van der Waals surface area contributed by atoms with Crippen LogP contribution in [0.3, 0.4) is 0 Å². The highest BCUT2D eigenvalue weighted by molar-refractivity contribution is 9.10. The van der Waals surface area contributed by atoms with Crippen LogP contribution in [0.1, 0.15) is 19.7 Å². The number of nitrogens with one attached hydrogen (secondary N) is 1. The second-order valence-electron chi connectivity index (χ2n) is 4.96. The quantitative estimate of drug-likeness (QED) is 0.858. The van der Waals surface area contributed by atoms with Gasteiger partial charge in [-0.15, -0.1) is 0 Å². The second kappa shape index (κ2) is 6.22. The van der Waals surface area contributed by atoms with Gasteiger partial charge in [0.25, 0.3) is 0 Å². The number of hydrogen-bond acceptors (Lipinski definition) is 3. The first-order valence-electron chi connectivity index (χ1n) is 6.45. The molecule has 0 saturated carbocycles. The number of nitrogens with zero attached hydrogens (tertiary/aromatic N) is 1. The summed E-state index contributed by atoms with van der Waals surface area (Å²) in [5, 5.41) is 2.88. The Labute approximate surface area is 126 Å². The van der Waals surface area contributed by atoms with E-state index in [4.69, 9.17) is 4.42 Å². The Bertz CT molecular complexity index is 590. The van der Waals surface area contributed by atoms with Crippen molar-refractivity contribution in [3.63, 3.8) is 0 Å². The van der Waals surface area contributed by atoms with Gasteiger partial charge in [0.1, 0.15) is 12.0 Å². The molecule has 1 aromatic heterocycles. The number of amides is 1. The van der Waals surface area contributed by atoms with Crippen molar-refractivity contribution in [2.45, 2.75) is 25.6 Å². The third kappa shape index (κ3) is 3.48. The molecule has 2 aromatic rings. The fraction of sp³-hybridized carbons (Fsp3) is 0.333. The maximum absolute atomic E-state index is 11.9. The Morgan fingerprint density at radius 1 is 1.30 bits per heavy atom. The Kier molecular flexibility index (Phi) is 4.60. The number of carbonyl (C=O) groups excluding carboxylic acids is 1. The van der Waals surface area contributed by atoms with Gasteiger partial charge in [-0.1, -0.05) is 41.9 Å². The molecule has 20 heavy (non-hydrogen) atoms. The standard InChI is InChI=1S/C15H17BrN2O2/c1-9(2)14(16)15(19)18-12-6-4-11(5-7-12)13-8-20-10(3)17-13/h4-9,14H,1-3H3,(H,18,19). The predicted octanol–water partition coefficient (Wildman–Crippen LogP) is 4.01. The van der Waals surface area contributed by atoms with E-state index in [-0.39, 0.29) is 16.7 Å². The van der Waals surface area contributed by atoms with Crippen molar-refractivity contribution in [3.8, 4) is 11.3 Å². The number of carbonyl (C=O) groups is 1. The van der Waals surface area contributed by atoms with Gasteiger partial charge in [-0.2, -0.15) is 0 Å². The average Bonchev–Trinajstić information content (AvgIpc) is 2.85. The lowest BCUT2D eigenvalue weighted by molar-refractivity contribution is -0.116. The number of alkyl halides is 1. The molecule has 0 fully saturated rings. The molecule has 0 aliphatic heterocycles. The Hall–Kier alpha value is -1.62. The van der Waals surface area contributed by atoms with Gasteiger partial charge in [0, 0.05) is 18.2 Å². The van der Waals surface area contributed by atoms with Crippen molar-refractivity contribution in [2.75, 3.05) is 5.32 Å². The maximum Gasteiger partial charge on any atom is 0.238 e. The lowest BCUT2D eigenvalue weighted by Crippen LogP contribution is -2.26. The summed E-state index contributed by atoms with van der Waals surface area (Å²) in [7, 11) is 0. The molecule has 1 aromatic carbocycles. The molecular formula is C15H17BrN2O2. The van der Waals surface area contributed by atoms with E-state index in [1.165, 1.54) is 0 Å². The second-order valence-corrected chi connectivity index (χ2v) is 5.95. The SMILES string of the molecule is Cc1nc(-c2ccc(NC(=O)C(Br)C(C)C)cc2)co1. The van der Waals surface area contributed by atoms with Crippen molar-refractivity contribution < 1.29 is 9.21 Å². The van der Waals surface area contributed by atoms with Crippen LogP contribution in [-0.2, 0) is 4.79 Å². The molecule has 0 aliphatic carbocycles. The number of aromatic nitrogens is 1. The molecule has 1 N–H and O–H groups in total. The highest BCUT2D eigenvalue weighted by Crippen LogP contribution is 2.21. The fourth-order valence-corrected chi connectivity index (χ4v) is 1.85. The predicted molar refractivity (Wildman–Crippen MR) is 82.9 cm³/mol. The van der Waals surface area contributed by atoms with Gasteiger partial charge in [-0.3, -0.25) is 4.79 Å². The zero-order chi connectivity index (χ0) is 14.7. The molecule has 1 atom stereocenters. The Morgan fingerprint density at radius 3 is 2.45 bits per heavy atom. The highest BCUT2D eigenvalue weighted by atomic mass is 79.9. The van der Waals surface area contributed by atoms with Gasteiger partial charge >= 0.3 is 0 Å². The number of halogens is 1. The van der Waals surface area contributed by atoms with Crippen LogP contribution in [0.5, 0.6) is 0 Å². The van der Waals surface area contributed by atoms with E-state index in [0.29, 0.717) is 5.89 Å². The number of aryl methyl sites for hydroxylation is 1. The Morgan fingerprint density at radius 2 is 1.95 bits per heavy atom. The van der Waals surface area contributed by atoms with Gasteiger partial charge in [0.2, 0.25) is 5.91 Å². The molecule has 0 saturated heterocycles. The van der Waals surface area contributed by atoms with Crippen LogP contribution in [0.25, 0.3) is 11.3 Å². The van der Waals surface area contributed by atoms with Crippen LogP contribution in [0.2, 0.25) is 0 Å². The normalized spacial score (nSPS) is 12.4. The molecule has 1 amide bonds. The molecule has 106 valence electrons. The van der Waals surface area contributed by atoms with E-state index in [2.05, 4.69) is 26.2 Å². The summed E-state index contributed by atoms with van der Waals surface area (Å²) >= 11 is 3.38. The molecular weight excluding hydrogens is 320 g/mol. The first-order chi connectivity index (χ1) is 9.47. The highest BCUT2D eigenvalue weighted by Gasteiger charge is 2.18. The lowest BCUT2D eigenvalue weighted by Gasteiger charge is -2.13. The molecule has 0 radical (unpaired) electrons. The molecule has 1 unspecified atom stereocenters. The zero-order valence-electron chi connectivity index (χ0n) is 11.7. The zero-order valence-corrected chi connectivity index (χ0v) is 13.3. The molecule has 1 heterocycles.